The first-order valence-corrected chi connectivity index (χ1v) is 9.54. The Labute approximate surface area is 157 Å². The SMILES string of the molecule is CCNC(=NCCC(=O)NC1CCCC1)N(C)Cc1ccccc1OC. The lowest BCUT2D eigenvalue weighted by atomic mass is 10.2. The monoisotopic (exact) mass is 360 g/mol. The Bertz CT molecular complexity index is 597. The number of benzene rings is 1. The Morgan fingerprint density at radius 2 is 2.04 bits per heavy atom. The van der Waals surface area contributed by atoms with E-state index in [0.717, 1.165) is 36.7 Å². The van der Waals surface area contributed by atoms with Crippen molar-refractivity contribution in [3.8, 4) is 5.75 Å². The van der Waals surface area contributed by atoms with Gasteiger partial charge in [0.25, 0.3) is 0 Å². The predicted molar refractivity (Wildman–Crippen MR) is 105 cm³/mol. The zero-order valence-corrected chi connectivity index (χ0v) is 16.3. The highest BCUT2D eigenvalue weighted by Crippen LogP contribution is 2.19. The summed E-state index contributed by atoms with van der Waals surface area (Å²) in [4.78, 5) is 18.7. The molecule has 0 aliphatic heterocycles. The number of aliphatic imine (C=N–C) groups is 1. The molecule has 6 nitrogen and oxygen atoms in total. The number of hydrogen-bond donors (Lipinski definition) is 2. The van der Waals surface area contributed by atoms with Gasteiger partial charge in [0, 0.05) is 38.2 Å². The summed E-state index contributed by atoms with van der Waals surface area (Å²) in [5, 5.41) is 6.40. The first kappa shape index (κ1) is 20.1. The van der Waals surface area contributed by atoms with Crippen LogP contribution in [0.3, 0.4) is 0 Å². The van der Waals surface area contributed by atoms with E-state index in [-0.39, 0.29) is 5.91 Å². The maximum Gasteiger partial charge on any atom is 0.222 e. The molecule has 6 heteroatoms. The molecule has 1 aromatic rings. The zero-order chi connectivity index (χ0) is 18.8. The van der Waals surface area contributed by atoms with Gasteiger partial charge >= 0.3 is 0 Å². The van der Waals surface area contributed by atoms with E-state index in [9.17, 15) is 4.79 Å². The molecule has 0 spiro atoms. The molecule has 1 amide bonds. The van der Waals surface area contributed by atoms with Gasteiger partial charge in [-0.15, -0.1) is 0 Å². The summed E-state index contributed by atoms with van der Waals surface area (Å²) in [6.45, 7) is 3.99. The summed E-state index contributed by atoms with van der Waals surface area (Å²) in [5.74, 6) is 1.77. The highest BCUT2D eigenvalue weighted by atomic mass is 16.5. The molecule has 2 rings (SSSR count). The molecule has 0 aromatic heterocycles. The molecule has 1 saturated carbocycles. The maximum absolute atomic E-state index is 12.1. The van der Waals surface area contributed by atoms with Crippen LogP contribution in [0.1, 0.15) is 44.6 Å². The zero-order valence-electron chi connectivity index (χ0n) is 16.3. The highest BCUT2D eigenvalue weighted by Gasteiger charge is 2.16. The normalized spacial score (nSPS) is 15.0. The number of hydrogen-bond acceptors (Lipinski definition) is 3. The van der Waals surface area contributed by atoms with Gasteiger partial charge in [-0.25, -0.2) is 0 Å². The number of nitrogens with one attached hydrogen (secondary N) is 2. The van der Waals surface area contributed by atoms with Gasteiger partial charge in [-0.1, -0.05) is 31.0 Å². The smallest absolute Gasteiger partial charge is 0.222 e. The van der Waals surface area contributed by atoms with Crippen LogP contribution in [-0.2, 0) is 11.3 Å². The van der Waals surface area contributed by atoms with E-state index in [2.05, 4.69) is 20.5 Å². The third-order valence-electron chi connectivity index (χ3n) is 4.62. The van der Waals surface area contributed by atoms with Crippen molar-refractivity contribution in [2.75, 3.05) is 27.2 Å². The average molecular weight is 361 g/mol. The molecule has 1 aromatic carbocycles. The van der Waals surface area contributed by atoms with Gasteiger partial charge in [-0.05, 0) is 25.8 Å². The molecule has 2 N–H and O–H groups in total. The Morgan fingerprint density at radius 3 is 2.73 bits per heavy atom. The molecular formula is C20H32N4O2. The third-order valence-corrected chi connectivity index (χ3v) is 4.62. The molecule has 0 radical (unpaired) electrons. The van der Waals surface area contributed by atoms with E-state index in [4.69, 9.17) is 4.74 Å². The van der Waals surface area contributed by atoms with Crippen molar-refractivity contribution in [3.63, 3.8) is 0 Å². The minimum atomic E-state index is 0.101. The minimum absolute atomic E-state index is 0.101. The van der Waals surface area contributed by atoms with Crippen LogP contribution in [0, 0.1) is 0 Å². The minimum Gasteiger partial charge on any atom is -0.496 e. The molecule has 0 saturated heterocycles. The van der Waals surface area contributed by atoms with Crippen molar-refractivity contribution in [1.82, 2.24) is 15.5 Å². The molecule has 26 heavy (non-hydrogen) atoms. The summed E-state index contributed by atoms with van der Waals surface area (Å²) in [5.41, 5.74) is 1.10. The van der Waals surface area contributed by atoms with Crippen molar-refractivity contribution in [1.29, 1.82) is 0 Å². The lowest BCUT2D eigenvalue weighted by Gasteiger charge is -2.23. The Hall–Kier alpha value is -2.24. The lowest BCUT2D eigenvalue weighted by Crippen LogP contribution is -2.39. The molecule has 1 aliphatic carbocycles. The van der Waals surface area contributed by atoms with Crippen LogP contribution in [0.15, 0.2) is 29.3 Å². The second-order valence-electron chi connectivity index (χ2n) is 6.70. The number of carbonyl (C=O) groups excluding carboxylic acids is 1. The van der Waals surface area contributed by atoms with Gasteiger partial charge in [0.1, 0.15) is 5.75 Å². The number of rotatable bonds is 8. The lowest BCUT2D eigenvalue weighted by molar-refractivity contribution is -0.121. The number of methoxy groups -OCH3 is 1. The Kier molecular flexibility index (Phi) is 8.25. The number of guanidine groups is 1. The van der Waals surface area contributed by atoms with Gasteiger partial charge in [0.05, 0.1) is 13.7 Å². The van der Waals surface area contributed by atoms with Crippen molar-refractivity contribution in [2.24, 2.45) is 4.99 Å². The summed E-state index contributed by atoms with van der Waals surface area (Å²) in [6, 6.07) is 8.34. The quantitative estimate of drug-likeness (QED) is 0.552. The molecule has 0 heterocycles. The Balaban J connectivity index is 1.88. The summed E-state index contributed by atoms with van der Waals surface area (Å²) in [7, 11) is 3.67. The van der Waals surface area contributed by atoms with E-state index >= 15 is 0 Å². The van der Waals surface area contributed by atoms with Crippen LogP contribution in [-0.4, -0.2) is 50.1 Å². The van der Waals surface area contributed by atoms with Gasteiger partial charge in [0.2, 0.25) is 5.91 Å². The fourth-order valence-electron chi connectivity index (χ4n) is 3.27. The third kappa shape index (κ3) is 6.24. The van der Waals surface area contributed by atoms with Crippen LogP contribution >= 0.6 is 0 Å². The molecule has 0 unspecified atom stereocenters. The second-order valence-corrected chi connectivity index (χ2v) is 6.70. The number of nitrogens with zero attached hydrogens (tertiary/aromatic N) is 2. The van der Waals surface area contributed by atoms with E-state index in [1.807, 2.05) is 38.2 Å². The number of amides is 1. The standard InChI is InChI=1S/C20H32N4O2/c1-4-21-20(22-14-13-19(25)23-17-10-6-7-11-17)24(2)15-16-9-5-8-12-18(16)26-3/h5,8-9,12,17H,4,6-7,10-11,13-15H2,1-3H3,(H,21,22)(H,23,25). The molecule has 0 bridgehead atoms. The highest BCUT2D eigenvalue weighted by molar-refractivity contribution is 5.81. The summed E-state index contributed by atoms with van der Waals surface area (Å²) in [6.07, 6.45) is 5.09. The molecule has 1 aliphatic rings. The van der Waals surface area contributed by atoms with Crippen LogP contribution in [0.5, 0.6) is 5.75 Å². The van der Waals surface area contributed by atoms with Crippen LogP contribution in [0.4, 0.5) is 0 Å². The van der Waals surface area contributed by atoms with Gasteiger partial charge in [-0.3, -0.25) is 9.79 Å². The van der Waals surface area contributed by atoms with Gasteiger partial charge < -0.3 is 20.3 Å². The van der Waals surface area contributed by atoms with E-state index in [1.165, 1.54) is 12.8 Å². The predicted octanol–water partition coefficient (Wildman–Crippen LogP) is 2.54. The second kappa shape index (κ2) is 10.7. The van der Waals surface area contributed by atoms with E-state index in [1.54, 1.807) is 7.11 Å². The fraction of sp³-hybridized carbons (Fsp3) is 0.600. The summed E-state index contributed by atoms with van der Waals surface area (Å²) >= 11 is 0. The topological polar surface area (TPSA) is 66.0 Å². The summed E-state index contributed by atoms with van der Waals surface area (Å²) < 4.78 is 5.42. The number of carbonyl (C=O) groups is 1. The fourth-order valence-corrected chi connectivity index (χ4v) is 3.27. The molecule has 1 fully saturated rings. The van der Waals surface area contributed by atoms with E-state index < -0.39 is 0 Å². The van der Waals surface area contributed by atoms with Gasteiger partial charge in [0.15, 0.2) is 5.96 Å². The number of ether oxygens (including phenoxy) is 1. The van der Waals surface area contributed by atoms with Crippen LogP contribution in [0.2, 0.25) is 0 Å². The molecule has 0 atom stereocenters. The van der Waals surface area contributed by atoms with Crippen LogP contribution in [0.25, 0.3) is 0 Å². The average Bonchev–Trinajstić information content (AvgIpc) is 3.14. The first-order valence-electron chi connectivity index (χ1n) is 9.54. The van der Waals surface area contributed by atoms with Crippen molar-refractivity contribution in [3.05, 3.63) is 29.8 Å². The van der Waals surface area contributed by atoms with E-state index in [0.29, 0.717) is 25.6 Å². The first-order chi connectivity index (χ1) is 12.6. The van der Waals surface area contributed by atoms with Gasteiger partial charge in [-0.2, -0.15) is 0 Å². The Morgan fingerprint density at radius 1 is 1.31 bits per heavy atom. The maximum atomic E-state index is 12.1. The molecular weight excluding hydrogens is 328 g/mol. The van der Waals surface area contributed by atoms with Crippen molar-refractivity contribution < 1.29 is 9.53 Å². The van der Waals surface area contributed by atoms with Crippen molar-refractivity contribution >= 4 is 11.9 Å². The largest absolute Gasteiger partial charge is 0.496 e. The molecule has 144 valence electrons. The number of para-hydroxylation sites is 1. The van der Waals surface area contributed by atoms with Crippen LogP contribution < -0.4 is 15.4 Å². The van der Waals surface area contributed by atoms with Crippen molar-refractivity contribution in [2.45, 2.75) is 51.6 Å².